The summed E-state index contributed by atoms with van der Waals surface area (Å²) in [4.78, 5) is 29.8. The molecule has 31 heavy (non-hydrogen) atoms. The van der Waals surface area contributed by atoms with Gasteiger partial charge in [-0.1, -0.05) is 43.3 Å². The van der Waals surface area contributed by atoms with E-state index in [1.807, 2.05) is 6.07 Å². The quantitative estimate of drug-likeness (QED) is 0.625. The van der Waals surface area contributed by atoms with Crippen molar-refractivity contribution in [2.24, 2.45) is 5.92 Å². The Kier molecular flexibility index (Phi) is 6.25. The van der Waals surface area contributed by atoms with Crippen LogP contribution < -0.4 is 15.5 Å². The number of hydrogen-bond acceptors (Lipinski definition) is 4. The molecule has 164 valence electrons. The van der Waals surface area contributed by atoms with Crippen LogP contribution in [0, 0.1) is 5.92 Å². The van der Waals surface area contributed by atoms with Gasteiger partial charge in [0.25, 0.3) is 11.6 Å². The number of anilines is 2. The second-order valence-electron chi connectivity index (χ2n) is 8.48. The molecule has 2 aromatic carbocycles. The van der Waals surface area contributed by atoms with E-state index in [4.69, 9.17) is 0 Å². The normalized spacial score (nSPS) is 23.7. The van der Waals surface area contributed by atoms with Crippen molar-refractivity contribution >= 4 is 23.3 Å². The summed E-state index contributed by atoms with van der Waals surface area (Å²) in [7, 11) is 0. The number of piperidine rings is 1. The Labute approximate surface area is 183 Å². The highest BCUT2D eigenvalue weighted by molar-refractivity contribution is 6.11. The van der Waals surface area contributed by atoms with Crippen molar-refractivity contribution in [1.82, 2.24) is 10.2 Å². The van der Waals surface area contributed by atoms with Crippen LogP contribution in [0.1, 0.15) is 31.7 Å². The fraction of sp³-hybridized carbons (Fsp3) is 0.417. The smallest absolute Gasteiger partial charge is 0.329 e. The lowest BCUT2D eigenvalue weighted by atomic mass is 9.94. The summed E-state index contributed by atoms with van der Waals surface area (Å²) < 4.78 is 0. The molecule has 2 aromatic rings. The summed E-state index contributed by atoms with van der Waals surface area (Å²) in [5, 5.41) is 17.3. The van der Waals surface area contributed by atoms with Gasteiger partial charge in [0.1, 0.15) is 0 Å². The number of carbonyl (C=O) groups excluding carboxylic acids is 2. The number of nitrogens with zero attached hydrogens (tertiary/aromatic N) is 2. The van der Waals surface area contributed by atoms with Crippen molar-refractivity contribution in [2.75, 3.05) is 36.4 Å². The largest absolute Gasteiger partial charge is 0.359 e. The Hall–Kier alpha value is -2.90. The maximum atomic E-state index is 13.3. The zero-order chi connectivity index (χ0) is 21.8. The van der Waals surface area contributed by atoms with Gasteiger partial charge in [-0.3, -0.25) is 9.69 Å². The Balaban J connectivity index is 1.52. The predicted molar refractivity (Wildman–Crippen MR) is 121 cm³/mol. The highest BCUT2D eigenvalue weighted by Gasteiger charge is 2.51. The average molecular weight is 423 g/mol. The molecule has 1 saturated heterocycles. The van der Waals surface area contributed by atoms with Crippen LogP contribution in [-0.2, 0) is 10.5 Å². The summed E-state index contributed by atoms with van der Waals surface area (Å²) in [5.41, 5.74) is -0.921. The van der Waals surface area contributed by atoms with Crippen LogP contribution in [0.4, 0.5) is 16.2 Å². The van der Waals surface area contributed by atoms with E-state index in [2.05, 4.69) is 22.5 Å². The lowest BCUT2D eigenvalue weighted by Gasteiger charge is -2.42. The summed E-state index contributed by atoms with van der Waals surface area (Å²) in [6.45, 7) is 5.79. The first kappa shape index (κ1) is 21.3. The number of rotatable bonds is 6. The Morgan fingerprint density at radius 2 is 1.94 bits per heavy atom. The number of likely N-dealkylation sites (tertiary alicyclic amines) is 1. The molecule has 7 nitrogen and oxygen atoms in total. The van der Waals surface area contributed by atoms with Gasteiger partial charge < -0.3 is 20.6 Å². The molecule has 1 fully saturated rings. The number of aliphatic hydroxyl groups is 1. The third-order valence-corrected chi connectivity index (χ3v) is 6.08. The summed E-state index contributed by atoms with van der Waals surface area (Å²) in [5.74, 6) is 0.103. The van der Waals surface area contributed by atoms with Crippen LogP contribution in [0.25, 0.3) is 0 Å². The number of amides is 3. The number of urea groups is 1. The lowest BCUT2D eigenvalue weighted by molar-refractivity contribution is -0.140. The van der Waals surface area contributed by atoms with Gasteiger partial charge in [-0.15, -0.1) is 0 Å². The molecule has 2 atom stereocenters. The molecule has 0 aromatic heterocycles. The van der Waals surface area contributed by atoms with E-state index < -0.39 is 17.7 Å². The Morgan fingerprint density at radius 3 is 2.71 bits per heavy atom. The van der Waals surface area contributed by atoms with Gasteiger partial charge in [-0.05, 0) is 56.5 Å². The minimum Gasteiger partial charge on any atom is -0.359 e. The maximum Gasteiger partial charge on any atom is 0.329 e. The van der Waals surface area contributed by atoms with Crippen molar-refractivity contribution < 1.29 is 14.7 Å². The van der Waals surface area contributed by atoms with Crippen molar-refractivity contribution in [2.45, 2.75) is 31.9 Å². The molecule has 0 radical (unpaired) electrons. The van der Waals surface area contributed by atoms with Gasteiger partial charge in [-0.25, -0.2) is 4.79 Å². The second kappa shape index (κ2) is 9.08. The van der Waals surface area contributed by atoms with Gasteiger partial charge in [0, 0.05) is 24.3 Å². The highest BCUT2D eigenvalue weighted by atomic mass is 16.3. The van der Waals surface area contributed by atoms with Gasteiger partial charge in [0.15, 0.2) is 0 Å². The zero-order valence-corrected chi connectivity index (χ0v) is 17.9. The highest BCUT2D eigenvalue weighted by Crippen LogP contribution is 2.39. The van der Waals surface area contributed by atoms with Crippen LogP contribution in [0.5, 0.6) is 0 Å². The van der Waals surface area contributed by atoms with E-state index in [9.17, 15) is 14.7 Å². The van der Waals surface area contributed by atoms with Gasteiger partial charge in [-0.2, -0.15) is 0 Å². The van der Waals surface area contributed by atoms with E-state index in [-0.39, 0.29) is 0 Å². The molecule has 0 bridgehead atoms. The van der Waals surface area contributed by atoms with E-state index in [0.29, 0.717) is 29.4 Å². The number of hydrogen-bond donors (Lipinski definition) is 3. The average Bonchev–Trinajstić information content (AvgIpc) is 2.77. The molecule has 2 aliphatic heterocycles. The first-order valence-corrected chi connectivity index (χ1v) is 11.0. The number of para-hydroxylation sites is 2. The number of carbonyl (C=O) groups is 2. The standard InChI is InChI=1S/C24H30N4O3/c1-18-9-7-15-27(17-18)16-8-14-25-22(29)24(31)20-12-5-6-13-21(20)26-23(30)28(24)19-10-3-2-4-11-19/h2-6,10-13,18,31H,7-9,14-17H2,1H3,(H,25,29)(H,26,30). The van der Waals surface area contributed by atoms with Crippen molar-refractivity contribution in [3.8, 4) is 0 Å². The molecular formula is C24H30N4O3. The van der Waals surface area contributed by atoms with Crippen molar-refractivity contribution in [1.29, 1.82) is 0 Å². The Bertz CT molecular complexity index is 935. The molecule has 2 unspecified atom stereocenters. The molecule has 2 aliphatic rings. The first-order valence-electron chi connectivity index (χ1n) is 11.0. The third kappa shape index (κ3) is 4.29. The van der Waals surface area contributed by atoms with Crippen LogP contribution in [-0.4, -0.2) is 48.1 Å². The molecule has 0 saturated carbocycles. The molecular weight excluding hydrogens is 392 g/mol. The minimum absolute atomic E-state index is 0.348. The molecule has 4 rings (SSSR count). The lowest BCUT2D eigenvalue weighted by Crippen LogP contribution is -2.62. The minimum atomic E-state index is -2.14. The third-order valence-electron chi connectivity index (χ3n) is 6.08. The monoisotopic (exact) mass is 422 g/mol. The zero-order valence-electron chi connectivity index (χ0n) is 17.9. The van der Waals surface area contributed by atoms with E-state index >= 15 is 0 Å². The number of fused-ring (bicyclic) bond motifs is 1. The van der Waals surface area contributed by atoms with Crippen molar-refractivity contribution in [3.05, 3.63) is 60.2 Å². The SMILES string of the molecule is CC1CCCN(CCCNC(=O)C2(O)c3ccccc3NC(=O)N2c2ccccc2)C1. The molecule has 0 spiro atoms. The molecule has 3 N–H and O–H groups in total. The van der Waals surface area contributed by atoms with Crippen molar-refractivity contribution in [3.63, 3.8) is 0 Å². The maximum absolute atomic E-state index is 13.3. The van der Waals surface area contributed by atoms with E-state index in [0.717, 1.165) is 31.0 Å². The van der Waals surface area contributed by atoms with Crippen LogP contribution in [0.15, 0.2) is 54.6 Å². The van der Waals surface area contributed by atoms with E-state index in [1.54, 1.807) is 48.5 Å². The fourth-order valence-electron chi connectivity index (χ4n) is 4.56. The van der Waals surface area contributed by atoms with Crippen LogP contribution in [0.3, 0.4) is 0 Å². The predicted octanol–water partition coefficient (Wildman–Crippen LogP) is 3.12. The molecule has 2 heterocycles. The van der Waals surface area contributed by atoms with Crippen LogP contribution in [0.2, 0.25) is 0 Å². The van der Waals surface area contributed by atoms with Gasteiger partial charge in [0.2, 0.25) is 0 Å². The summed E-state index contributed by atoms with van der Waals surface area (Å²) in [6, 6.07) is 15.0. The second-order valence-corrected chi connectivity index (χ2v) is 8.48. The summed E-state index contributed by atoms with van der Waals surface area (Å²) >= 11 is 0. The molecule has 0 aliphatic carbocycles. The molecule has 3 amide bonds. The Morgan fingerprint density at radius 1 is 1.19 bits per heavy atom. The van der Waals surface area contributed by atoms with E-state index in [1.165, 1.54) is 12.8 Å². The van der Waals surface area contributed by atoms with Gasteiger partial charge >= 0.3 is 6.03 Å². The molecule has 7 heteroatoms. The topological polar surface area (TPSA) is 84.9 Å². The first-order chi connectivity index (χ1) is 15.0. The summed E-state index contributed by atoms with van der Waals surface area (Å²) in [6.07, 6.45) is 3.27. The number of benzene rings is 2. The number of nitrogens with one attached hydrogen (secondary N) is 2. The van der Waals surface area contributed by atoms with Gasteiger partial charge in [0.05, 0.1) is 5.69 Å². The van der Waals surface area contributed by atoms with Crippen LogP contribution >= 0.6 is 0 Å². The fourth-order valence-corrected chi connectivity index (χ4v) is 4.56.